The maximum Gasteiger partial charge on any atom is 0.0700 e. The van der Waals surface area contributed by atoms with Crippen molar-refractivity contribution in [2.75, 3.05) is 33.5 Å². The van der Waals surface area contributed by atoms with Crippen molar-refractivity contribution in [3.63, 3.8) is 0 Å². The monoisotopic (exact) mass is 273 g/mol. The zero-order valence-electron chi connectivity index (χ0n) is 12.1. The quantitative estimate of drug-likeness (QED) is 0.712. The standard InChI is InChI=1S/C17H23NO2/c1-19-11-12-20-10-4-9-18-14-15-7-8-16-5-2-3-6-17(16)13-15/h2-3,5-8,13,18H,4,9-12,14H2,1H3. The lowest BCUT2D eigenvalue weighted by molar-refractivity contribution is 0.0695. The van der Waals surface area contributed by atoms with Gasteiger partial charge >= 0.3 is 0 Å². The second kappa shape index (κ2) is 8.69. The number of hydrogen-bond acceptors (Lipinski definition) is 3. The molecular formula is C17H23NO2. The van der Waals surface area contributed by atoms with Gasteiger partial charge in [0.05, 0.1) is 13.2 Å². The minimum atomic E-state index is 0.671. The Morgan fingerprint density at radius 2 is 1.80 bits per heavy atom. The largest absolute Gasteiger partial charge is 0.382 e. The second-order valence-corrected chi connectivity index (χ2v) is 4.82. The van der Waals surface area contributed by atoms with Gasteiger partial charge in [-0.1, -0.05) is 36.4 Å². The second-order valence-electron chi connectivity index (χ2n) is 4.82. The highest BCUT2D eigenvalue weighted by Gasteiger charge is 1.96. The molecule has 0 aliphatic heterocycles. The van der Waals surface area contributed by atoms with Crippen molar-refractivity contribution in [2.24, 2.45) is 0 Å². The van der Waals surface area contributed by atoms with E-state index >= 15 is 0 Å². The first-order chi connectivity index (χ1) is 9.90. The zero-order chi connectivity index (χ0) is 14.0. The predicted octanol–water partition coefficient (Wildman–Crippen LogP) is 2.98. The molecule has 0 aliphatic rings. The lowest BCUT2D eigenvalue weighted by atomic mass is 10.1. The Hall–Kier alpha value is -1.42. The summed E-state index contributed by atoms with van der Waals surface area (Å²) in [5, 5.41) is 6.04. The third-order valence-electron chi connectivity index (χ3n) is 3.22. The van der Waals surface area contributed by atoms with Crippen LogP contribution in [0.3, 0.4) is 0 Å². The summed E-state index contributed by atoms with van der Waals surface area (Å²) in [7, 11) is 1.69. The molecule has 20 heavy (non-hydrogen) atoms. The van der Waals surface area contributed by atoms with Crippen molar-refractivity contribution in [3.8, 4) is 0 Å². The molecule has 0 fully saturated rings. The van der Waals surface area contributed by atoms with Crippen LogP contribution in [-0.2, 0) is 16.0 Å². The summed E-state index contributed by atoms with van der Waals surface area (Å²) in [5.41, 5.74) is 1.32. The van der Waals surface area contributed by atoms with E-state index in [9.17, 15) is 0 Å². The Morgan fingerprint density at radius 3 is 2.65 bits per heavy atom. The van der Waals surface area contributed by atoms with E-state index in [1.165, 1.54) is 16.3 Å². The van der Waals surface area contributed by atoms with Gasteiger partial charge in [-0.25, -0.2) is 0 Å². The molecule has 3 nitrogen and oxygen atoms in total. The summed E-state index contributed by atoms with van der Waals surface area (Å²) < 4.78 is 10.3. The van der Waals surface area contributed by atoms with Crippen LogP contribution in [0.25, 0.3) is 10.8 Å². The normalized spacial score (nSPS) is 11.1. The van der Waals surface area contributed by atoms with Gasteiger partial charge in [-0.15, -0.1) is 0 Å². The summed E-state index contributed by atoms with van der Waals surface area (Å²) in [6.45, 7) is 4.02. The van der Waals surface area contributed by atoms with E-state index in [0.717, 1.165) is 26.1 Å². The third kappa shape index (κ3) is 4.93. The van der Waals surface area contributed by atoms with Crippen LogP contribution in [0, 0.1) is 0 Å². The molecular weight excluding hydrogens is 250 g/mol. The number of nitrogens with one attached hydrogen (secondary N) is 1. The molecule has 0 radical (unpaired) electrons. The highest BCUT2D eigenvalue weighted by Crippen LogP contribution is 2.15. The average Bonchev–Trinajstić information content (AvgIpc) is 2.50. The van der Waals surface area contributed by atoms with Gasteiger partial charge in [0.25, 0.3) is 0 Å². The summed E-state index contributed by atoms with van der Waals surface area (Å²) in [4.78, 5) is 0. The van der Waals surface area contributed by atoms with Gasteiger partial charge in [0, 0.05) is 20.3 Å². The molecule has 0 spiro atoms. The molecule has 0 saturated heterocycles. The van der Waals surface area contributed by atoms with Crippen LogP contribution in [0.2, 0.25) is 0 Å². The Kier molecular flexibility index (Phi) is 6.51. The summed E-state index contributed by atoms with van der Waals surface area (Å²) >= 11 is 0. The van der Waals surface area contributed by atoms with Gasteiger partial charge in [-0.3, -0.25) is 0 Å². The van der Waals surface area contributed by atoms with Gasteiger partial charge < -0.3 is 14.8 Å². The molecule has 2 rings (SSSR count). The topological polar surface area (TPSA) is 30.5 Å². The van der Waals surface area contributed by atoms with Crippen LogP contribution >= 0.6 is 0 Å². The van der Waals surface area contributed by atoms with Crippen LogP contribution in [0.1, 0.15) is 12.0 Å². The van der Waals surface area contributed by atoms with E-state index in [4.69, 9.17) is 9.47 Å². The lowest BCUT2D eigenvalue weighted by Crippen LogP contribution is -2.16. The van der Waals surface area contributed by atoms with E-state index in [1.54, 1.807) is 7.11 Å². The van der Waals surface area contributed by atoms with Crippen molar-refractivity contribution in [1.82, 2.24) is 5.32 Å². The molecule has 3 heteroatoms. The fourth-order valence-electron chi connectivity index (χ4n) is 2.13. The minimum absolute atomic E-state index is 0.671. The van der Waals surface area contributed by atoms with Gasteiger partial charge in [-0.2, -0.15) is 0 Å². The molecule has 0 aromatic heterocycles. The fraction of sp³-hybridized carbons (Fsp3) is 0.412. The SMILES string of the molecule is COCCOCCCNCc1ccc2ccccc2c1. The fourth-order valence-corrected chi connectivity index (χ4v) is 2.13. The summed E-state index contributed by atoms with van der Waals surface area (Å²) in [6.07, 6.45) is 1.03. The number of benzene rings is 2. The highest BCUT2D eigenvalue weighted by atomic mass is 16.5. The maximum atomic E-state index is 5.42. The molecule has 0 amide bonds. The number of ether oxygens (including phenoxy) is 2. The number of methoxy groups -OCH3 is 1. The van der Waals surface area contributed by atoms with E-state index < -0.39 is 0 Å². The molecule has 0 bridgehead atoms. The van der Waals surface area contributed by atoms with Crippen LogP contribution in [0.4, 0.5) is 0 Å². The molecule has 2 aromatic rings. The first-order valence-electron chi connectivity index (χ1n) is 7.15. The highest BCUT2D eigenvalue weighted by molar-refractivity contribution is 5.82. The van der Waals surface area contributed by atoms with Crippen LogP contribution in [0.5, 0.6) is 0 Å². The van der Waals surface area contributed by atoms with Gasteiger partial charge in [0.1, 0.15) is 0 Å². The van der Waals surface area contributed by atoms with Crippen LogP contribution in [-0.4, -0.2) is 33.5 Å². The Labute approximate surface area is 120 Å². The van der Waals surface area contributed by atoms with Crippen LogP contribution in [0.15, 0.2) is 42.5 Å². The van der Waals surface area contributed by atoms with E-state index in [0.29, 0.717) is 13.2 Å². The number of fused-ring (bicyclic) bond motifs is 1. The summed E-state index contributed by atoms with van der Waals surface area (Å²) in [5.74, 6) is 0. The van der Waals surface area contributed by atoms with E-state index in [-0.39, 0.29) is 0 Å². The molecule has 1 N–H and O–H groups in total. The number of hydrogen-bond donors (Lipinski definition) is 1. The Bertz CT molecular complexity index is 513. The van der Waals surface area contributed by atoms with Crippen molar-refractivity contribution < 1.29 is 9.47 Å². The third-order valence-corrected chi connectivity index (χ3v) is 3.22. The average molecular weight is 273 g/mol. The smallest absolute Gasteiger partial charge is 0.0700 e. The molecule has 0 saturated carbocycles. The Morgan fingerprint density at radius 1 is 0.950 bits per heavy atom. The Balaban J connectivity index is 1.65. The predicted molar refractivity (Wildman–Crippen MR) is 83.0 cm³/mol. The first kappa shape index (κ1) is 15.0. The van der Waals surface area contributed by atoms with Gasteiger partial charge in [0.2, 0.25) is 0 Å². The molecule has 108 valence electrons. The summed E-state index contributed by atoms with van der Waals surface area (Å²) in [6, 6.07) is 15.1. The lowest BCUT2D eigenvalue weighted by Gasteiger charge is -2.07. The maximum absolute atomic E-state index is 5.42. The van der Waals surface area contributed by atoms with Crippen molar-refractivity contribution in [2.45, 2.75) is 13.0 Å². The van der Waals surface area contributed by atoms with Gasteiger partial charge in [0.15, 0.2) is 0 Å². The van der Waals surface area contributed by atoms with Crippen molar-refractivity contribution >= 4 is 10.8 Å². The van der Waals surface area contributed by atoms with Gasteiger partial charge in [-0.05, 0) is 35.4 Å². The zero-order valence-corrected chi connectivity index (χ0v) is 12.1. The number of rotatable bonds is 9. The van der Waals surface area contributed by atoms with E-state index in [2.05, 4.69) is 47.8 Å². The van der Waals surface area contributed by atoms with Crippen molar-refractivity contribution in [3.05, 3.63) is 48.0 Å². The minimum Gasteiger partial charge on any atom is -0.382 e. The molecule has 2 aromatic carbocycles. The van der Waals surface area contributed by atoms with Crippen LogP contribution < -0.4 is 5.32 Å². The molecule has 0 aliphatic carbocycles. The molecule has 0 atom stereocenters. The first-order valence-corrected chi connectivity index (χ1v) is 7.15. The van der Waals surface area contributed by atoms with E-state index in [1.807, 2.05) is 0 Å². The molecule has 0 unspecified atom stereocenters. The van der Waals surface area contributed by atoms with Crippen molar-refractivity contribution in [1.29, 1.82) is 0 Å². The molecule has 0 heterocycles.